The van der Waals surface area contributed by atoms with Crippen LogP contribution in [-0.4, -0.2) is 44.4 Å². The van der Waals surface area contributed by atoms with Crippen molar-refractivity contribution in [3.8, 4) is 11.3 Å². The van der Waals surface area contributed by atoms with Gasteiger partial charge in [-0.1, -0.05) is 36.8 Å². The van der Waals surface area contributed by atoms with Crippen LogP contribution in [0.4, 0.5) is 13.2 Å². The number of hydrogen-bond acceptors (Lipinski definition) is 3. The fourth-order valence-electron chi connectivity index (χ4n) is 3.59. The molecule has 172 valence electrons. The molecule has 3 aromatic rings. The highest BCUT2D eigenvalue weighted by Crippen LogP contribution is 2.34. The number of rotatable bonds is 9. The first-order chi connectivity index (χ1) is 15.2. The number of amides is 1. The Morgan fingerprint density at radius 3 is 2.53 bits per heavy atom. The Kier molecular flexibility index (Phi) is 7.37. The number of alkyl halides is 3. The predicted octanol–water partition coefficient (Wildman–Crippen LogP) is 5.36. The predicted molar refractivity (Wildman–Crippen MR) is 116 cm³/mol. The molecule has 0 aliphatic carbocycles. The van der Waals surface area contributed by atoms with Crippen LogP contribution in [-0.2, 0) is 12.6 Å². The average molecular weight is 448 g/mol. The molecule has 3 rings (SSSR count). The largest absolute Gasteiger partial charge is 0.433 e. The summed E-state index contributed by atoms with van der Waals surface area (Å²) < 4.78 is 41.4. The zero-order chi connectivity index (χ0) is 23.3. The standard InChI is InChI=1S/C23H28F3N5O/c1-16(2)31-21(23(24,25)26)19(15-27-31)22(32)30(3)13-9-5-8-12-18-14-20(29-28-18)17-10-6-4-7-11-17/h4,6-7,10-11,14-16H,5,8-9,12-13H2,1-3H3,(H,28,29). The summed E-state index contributed by atoms with van der Waals surface area (Å²) in [6, 6.07) is 11.4. The third kappa shape index (κ3) is 5.57. The van der Waals surface area contributed by atoms with E-state index in [1.807, 2.05) is 36.4 Å². The Morgan fingerprint density at radius 1 is 1.16 bits per heavy atom. The molecular formula is C23H28F3N5O. The minimum atomic E-state index is -4.64. The van der Waals surface area contributed by atoms with Crippen molar-refractivity contribution >= 4 is 5.91 Å². The molecule has 0 spiro atoms. The zero-order valence-electron chi connectivity index (χ0n) is 18.5. The van der Waals surface area contributed by atoms with E-state index in [-0.39, 0.29) is 0 Å². The minimum Gasteiger partial charge on any atom is -0.342 e. The van der Waals surface area contributed by atoms with E-state index in [1.54, 1.807) is 13.8 Å². The van der Waals surface area contributed by atoms with E-state index in [9.17, 15) is 18.0 Å². The fraction of sp³-hybridized carbons (Fsp3) is 0.435. The Morgan fingerprint density at radius 2 is 1.88 bits per heavy atom. The number of nitrogens with one attached hydrogen (secondary N) is 1. The summed E-state index contributed by atoms with van der Waals surface area (Å²) in [5.41, 5.74) is 1.59. The number of unbranched alkanes of at least 4 members (excludes halogenated alkanes) is 2. The second kappa shape index (κ2) is 10.0. The van der Waals surface area contributed by atoms with Crippen LogP contribution in [0.3, 0.4) is 0 Å². The average Bonchev–Trinajstić information content (AvgIpc) is 3.41. The van der Waals surface area contributed by atoms with Crippen LogP contribution in [0.25, 0.3) is 11.3 Å². The van der Waals surface area contributed by atoms with Gasteiger partial charge in [0.05, 0.1) is 17.5 Å². The third-order valence-corrected chi connectivity index (χ3v) is 5.27. The van der Waals surface area contributed by atoms with Gasteiger partial charge in [0.15, 0.2) is 5.69 Å². The van der Waals surface area contributed by atoms with Gasteiger partial charge in [0.2, 0.25) is 0 Å². The highest BCUT2D eigenvalue weighted by atomic mass is 19.4. The lowest BCUT2D eigenvalue weighted by Crippen LogP contribution is -2.30. The number of aromatic nitrogens is 4. The van der Waals surface area contributed by atoms with Crippen molar-refractivity contribution in [1.82, 2.24) is 24.9 Å². The van der Waals surface area contributed by atoms with E-state index in [2.05, 4.69) is 15.3 Å². The normalized spacial score (nSPS) is 11.8. The number of benzene rings is 1. The van der Waals surface area contributed by atoms with Gasteiger partial charge in [-0.3, -0.25) is 14.6 Å². The van der Waals surface area contributed by atoms with Crippen LogP contribution in [0, 0.1) is 0 Å². The molecule has 0 saturated heterocycles. The van der Waals surface area contributed by atoms with E-state index in [4.69, 9.17) is 0 Å². The molecule has 0 aliphatic rings. The molecule has 0 saturated carbocycles. The monoisotopic (exact) mass is 447 g/mol. The minimum absolute atomic E-state index is 0.376. The summed E-state index contributed by atoms with van der Waals surface area (Å²) in [4.78, 5) is 14.0. The van der Waals surface area contributed by atoms with Crippen LogP contribution in [0.1, 0.15) is 60.9 Å². The van der Waals surface area contributed by atoms with Gasteiger partial charge in [0, 0.05) is 30.9 Å². The molecular weight excluding hydrogens is 419 g/mol. The van der Waals surface area contributed by atoms with Crippen molar-refractivity contribution in [2.24, 2.45) is 0 Å². The number of halogens is 3. The van der Waals surface area contributed by atoms with Crippen LogP contribution < -0.4 is 0 Å². The molecule has 1 aromatic carbocycles. The maximum absolute atomic E-state index is 13.5. The second-order valence-corrected chi connectivity index (χ2v) is 8.12. The summed E-state index contributed by atoms with van der Waals surface area (Å²) in [6.45, 7) is 3.58. The number of aryl methyl sites for hydroxylation is 1. The smallest absolute Gasteiger partial charge is 0.342 e. The zero-order valence-corrected chi connectivity index (χ0v) is 18.5. The Balaban J connectivity index is 1.49. The van der Waals surface area contributed by atoms with Gasteiger partial charge in [-0.05, 0) is 39.2 Å². The molecule has 0 fully saturated rings. The Hall–Kier alpha value is -3.10. The molecule has 32 heavy (non-hydrogen) atoms. The lowest BCUT2D eigenvalue weighted by atomic mass is 10.1. The van der Waals surface area contributed by atoms with Crippen LogP contribution >= 0.6 is 0 Å². The summed E-state index contributed by atoms with van der Waals surface area (Å²) in [5, 5.41) is 11.2. The first kappa shape index (κ1) is 23.6. The number of carbonyl (C=O) groups is 1. The van der Waals surface area contributed by atoms with Crippen LogP contribution in [0.5, 0.6) is 0 Å². The summed E-state index contributed by atoms with van der Waals surface area (Å²) in [5.74, 6) is -0.662. The molecule has 0 atom stereocenters. The SMILES string of the molecule is CC(C)n1ncc(C(=O)N(C)CCCCCc2cc(-c3ccccc3)n[nH]2)c1C(F)(F)F. The van der Waals surface area contributed by atoms with E-state index in [0.717, 1.165) is 47.1 Å². The van der Waals surface area contributed by atoms with Gasteiger partial charge in [0.1, 0.15) is 0 Å². The summed E-state index contributed by atoms with van der Waals surface area (Å²) in [7, 11) is 1.52. The van der Waals surface area contributed by atoms with Gasteiger partial charge in [-0.25, -0.2) is 0 Å². The lowest BCUT2D eigenvalue weighted by molar-refractivity contribution is -0.145. The summed E-state index contributed by atoms with van der Waals surface area (Å²) in [6.07, 6.45) is -0.385. The quantitative estimate of drug-likeness (QED) is 0.449. The van der Waals surface area contributed by atoms with E-state index in [0.29, 0.717) is 13.0 Å². The molecule has 9 heteroatoms. The Bertz CT molecular complexity index is 1020. The molecule has 0 radical (unpaired) electrons. The van der Waals surface area contributed by atoms with E-state index >= 15 is 0 Å². The molecule has 1 amide bonds. The molecule has 1 N–H and O–H groups in total. The van der Waals surface area contributed by atoms with Crippen molar-refractivity contribution < 1.29 is 18.0 Å². The first-order valence-corrected chi connectivity index (χ1v) is 10.7. The van der Waals surface area contributed by atoms with Crippen molar-refractivity contribution in [3.63, 3.8) is 0 Å². The van der Waals surface area contributed by atoms with Crippen molar-refractivity contribution in [3.05, 3.63) is 59.5 Å². The number of H-pyrrole nitrogens is 1. The van der Waals surface area contributed by atoms with E-state index < -0.39 is 29.4 Å². The van der Waals surface area contributed by atoms with Crippen molar-refractivity contribution in [1.29, 1.82) is 0 Å². The third-order valence-electron chi connectivity index (χ3n) is 5.27. The highest BCUT2D eigenvalue weighted by molar-refractivity contribution is 5.95. The first-order valence-electron chi connectivity index (χ1n) is 10.7. The number of hydrogen-bond donors (Lipinski definition) is 1. The maximum Gasteiger partial charge on any atom is 0.433 e. The topological polar surface area (TPSA) is 66.8 Å². The van der Waals surface area contributed by atoms with Gasteiger partial charge in [0.25, 0.3) is 5.91 Å². The molecule has 6 nitrogen and oxygen atoms in total. The summed E-state index contributed by atoms with van der Waals surface area (Å²) >= 11 is 0. The number of carbonyl (C=O) groups excluding carboxylic acids is 1. The van der Waals surface area contributed by atoms with Gasteiger partial charge >= 0.3 is 6.18 Å². The van der Waals surface area contributed by atoms with Gasteiger partial charge < -0.3 is 4.90 Å². The molecule has 0 bridgehead atoms. The molecule has 2 heterocycles. The van der Waals surface area contributed by atoms with E-state index in [1.165, 1.54) is 11.9 Å². The molecule has 0 unspecified atom stereocenters. The Labute approximate surface area is 185 Å². The number of aromatic amines is 1. The van der Waals surface area contributed by atoms with Crippen molar-refractivity contribution in [2.75, 3.05) is 13.6 Å². The van der Waals surface area contributed by atoms with Crippen molar-refractivity contribution in [2.45, 2.75) is 51.7 Å². The van der Waals surface area contributed by atoms with Gasteiger partial charge in [-0.2, -0.15) is 23.4 Å². The molecule has 0 aliphatic heterocycles. The number of nitrogens with zero attached hydrogens (tertiary/aromatic N) is 4. The highest BCUT2D eigenvalue weighted by Gasteiger charge is 2.41. The fourth-order valence-corrected chi connectivity index (χ4v) is 3.59. The molecule has 2 aromatic heterocycles. The maximum atomic E-state index is 13.5. The second-order valence-electron chi connectivity index (χ2n) is 8.12. The van der Waals surface area contributed by atoms with Gasteiger partial charge in [-0.15, -0.1) is 0 Å². The van der Waals surface area contributed by atoms with Crippen LogP contribution in [0.2, 0.25) is 0 Å². The lowest BCUT2D eigenvalue weighted by Gasteiger charge is -2.19. The van der Waals surface area contributed by atoms with Crippen LogP contribution in [0.15, 0.2) is 42.6 Å².